The lowest BCUT2D eigenvalue weighted by atomic mass is 9.96. The second kappa shape index (κ2) is 4.52. The normalized spacial score (nSPS) is 13.2. The number of aromatic amines is 1. The topological polar surface area (TPSA) is 114 Å². The molecule has 2 amide bonds. The van der Waals surface area contributed by atoms with Crippen LogP contribution in [0.15, 0.2) is 0 Å². The molecule has 0 aliphatic heterocycles. The molecule has 0 aromatic carbocycles. The Hall–Kier alpha value is -1.92. The number of primary amides is 1. The largest absolute Gasteiger partial charge is 0.368 e. The van der Waals surface area contributed by atoms with Gasteiger partial charge in [-0.3, -0.25) is 14.7 Å². The molecule has 0 saturated carbocycles. The van der Waals surface area contributed by atoms with Crippen LogP contribution in [0.3, 0.4) is 0 Å². The van der Waals surface area contributed by atoms with E-state index in [4.69, 9.17) is 5.73 Å². The Morgan fingerprint density at radius 1 is 1.41 bits per heavy atom. The third-order valence-electron chi connectivity index (χ3n) is 2.17. The molecule has 1 heterocycles. The molecule has 7 nitrogen and oxygen atoms in total. The number of nitrogens with two attached hydrogens (primary N) is 1. The van der Waals surface area contributed by atoms with Gasteiger partial charge in [0.2, 0.25) is 11.7 Å². The number of hydrogen-bond acceptors (Lipinski definition) is 4. The number of carbonyl (C=O) groups excluding carboxylic acids is 2. The average Bonchev–Trinajstić information content (AvgIpc) is 2.65. The van der Waals surface area contributed by atoms with E-state index in [-0.39, 0.29) is 11.2 Å². The Kier molecular flexibility index (Phi) is 3.50. The van der Waals surface area contributed by atoms with E-state index in [9.17, 15) is 9.59 Å². The van der Waals surface area contributed by atoms with Gasteiger partial charge in [0, 0.05) is 5.41 Å². The zero-order valence-electron chi connectivity index (χ0n) is 10.4. The lowest BCUT2D eigenvalue weighted by Gasteiger charge is -2.12. The van der Waals surface area contributed by atoms with Crippen molar-refractivity contribution in [2.45, 2.75) is 39.2 Å². The third kappa shape index (κ3) is 3.27. The summed E-state index contributed by atoms with van der Waals surface area (Å²) in [5.41, 5.74) is 4.81. The van der Waals surface area contributed by atoms with Gasteiger partial charge < -0.3 is 11.1 Å². The van der Waals surface area contributed by atoms with Crippen LogP contribution in [0.4, 0.5) is 0 Å². The van der Waals surface area contributed by atoms with Gasteiger partial charge >= 0.3 is 0 Å². The van der Waals surface area contributed by atoms with Gasteiger partial charge in [0.05, 0.1) is 0 Å². The Balaban J connectivity index is 2.78. The molecule has 4 N–H and O–H groups in total. The molecular formula is C10H17N5O2. The maximum atomic E-state index is 11.6. The molecule has 0 bridgehead atoms. The van der Waals surface area contributed by atoms with E-state index in [1.165, 1.54) is 6.92 Å². The molecular weight excluding hydrogens is 222 g/mol. The summed E-state index contributed by atoms with van der Waals surface area (Å²) >= 11 is 0. The maximum Gasteiger partial charge on any atom is 0.291 e. The van der Waals surface area contributed by atoms with Crippen LogP contribution in [-0.4, -0.2) is 33.0 Å². The van der Waals surface area contributed by atoms with Crippen molar-refractivity contribution in [3.05, 3.63) is 11.6 Å². The summed E-state index contributed by atoms with van der Waals surface area (Å²) in [6.07, 6.45) is 0. The van der Waals surface area contributed by atoms with Gasteiger partial charge in [-0.1, -0.05) is 20.8 Å². The van der Waals surface area contributed by atoms with Crippen molar-refractivity contribution in [2.75, 3.05) is 0 Å². The molecule has 0 aliphatic carbocycles. The number of H-pyrrole nitrogens is 1. The zero-order chi connectivity index (χ0) is 13.2. The first-order valence-corrected chi connectivity index (χ1v) is 5.25. The smallest absolute Gasteiger partial charge is 0.291 e. The Labute approximate surface area is 99.2 Å². The minimum Gasteiger partial charge on any atom is -0.368 e. The molecule has 17 heavy (non-hydrogen) atoms. The van der Waals surface area contributed by atoms with Crippen molar-refractivity contribution in [1.29, 1.82) is 0 Å². The van der Waals surface area contributed by atoms with Gasteiger partial charge in [0.25, 0.3) is 5.91 Å². The quantitative estimate of drug-likeness (QED) is 0.672. The Morgan fingerprint density at radius 2 is 2.00 bits per heavy atom. The molecule has 7 heteroatoms. The van der Waals surface area contributed by atoms with Crippen LogP contribution in [0.5, 0.6) is 0 Å². The van der Waals surface area contributed by atoms with E-state index in [0.717, 1.165) is 0 Å². The fraction of sp³-hybridized carbons (Fsp3) is 0.600. The first-order chi connectivity index (χ1) is 7.71. The summed E-state index contributed by atoms with van der Waals surface area (Å²) in [6, 6.07) is -0.751. The van der Waals surface area contributed by atoms with E-state index >= 15 is 0 Å². The summed E-state index contributed by atoms with van der Waals surface area (Å²) in [5, 5.41) is 8.89. The minimum absolute atomic E-state index is 0.00280. The lowest BCUT2D eigenvalue weighted by Crippen LogP contribution is -2.42. The van der Waals surface area contributed by atoms with Crippen molar-refractivity contribution in [3.63, 3.8) is 0 Å². The third-order valence-corrected chi connectivity index (χ3v) is 2.17. The van der Waals surface area contributed by atoms with Crippen molar-refractivity contribution in [1.82, 2.24) is 20.5 Å². The highest BCUT2D eigenvalue weighted by Crippen LogP contribution is 2.17. The number of rotatable bonds is 3. The second-order valence-electron chi connectivity index (χ2n) is 4.86. The molecule has 1 aromatic heterocycles. The number of carbonyl (C=O) groups is 2. The summed E-state index contributed by atoms with van der Waals surface area (Å²) in [4.78, 5) is 26.5. The van der Waals surface area contributed by atoms with Crippen molar-refractivity contribution >= 4 is 11.8 Å². The summed E-state index contributed by atoms with van der Waals surface area (Å²) in [5.74, 6) is -0.523. The molecule has 1 atom stereocenters. The highest BCUT2D eigenvalue weighted by molar-refractivity contribution is 5.94. The number of nitrogens with one attached hydrogen (secondary N) is 2. The fourth-order valence-corrected chi connectivity index (χ4v) is 1.03. The predicted molar refractivity (Wildman–Crippen MR) is 61.2 cm³/mol. The number of nitrogens with zero attached hydrogens (tertiary/aromatic N) is 2. The SMILES string of the molecule is CC(NC(=O)c1n[nH]c(C(C)(C)C)n1)C(N)=O. The summed E-state index contributed by atoms with van der Waals surface area (Å²) in [7, 11) is 0. The van der Waals surface area contributed by atoms with Crippen molar-refractivity contribution in [2.24, 2.45) is 5.73 Å². The van der Waals surface area contributed by atoms with Crippen LogP contribution < -0.4 is 11.1 Å². The average molecular weight is 239 g/mol. The highest BCUT2D eigenvalue weighted by atomic mass is 16.2. The summed E-state index contributed by atoms with van der Waals surface area (Å²) in [6.45, 7) is 7.33. The van der Waals surface area contributed by atoms with Gasteiger partial charge in [-0.15, -0.1) is 5.10 Å². The standard InChI is InChI=1S/C10H17N5O2/c1-5(6(11)16)12-8(17)7-13-9(15-14-7)10(2,3)4/h5H,1-4H3,(H2,11,16)(H,12,17)(H,13,14,15). The van der Waals surface area contributed by atoms with Crippen molar-refractivity contribution < 1.29 is 9.59 Å². The van der Waals surface area contributed by atoms with Gasteiger partial charge in [0.15, 0.2) is 0 Å². The molecule has 0 fully saturated rings. The van der Waals surface area contributed by atoms with Crippen LogP contribution in [0.25, 0.3) is 0 Å². The van der Waals surface area contributed by atoms with Gasteiger partial charge in [-0.25, -0.2) is 4.98 Å². The molecule has 0 radical (unpaired) electrons. The molecule has 1 aromatic rings. The van der Waals surface area contributed by atoms with E-state index in [1.807, 2.05) is 20.8 Å². The fourth-order valence-electron chi connectivity index (χ4n) is 1.03. The lowest BCUT2D eigenvalue weighted by molar-refractivity contribution is -0.119. The Morgan fingerprint density at radius 3 is 2.41 bits per heavy atom. The molecule has 0 spiro atoms. The number of aromatic nitrogens is 3. The zero-order valence-corrected chi connectivity index (χ0v) is 10.4. The van der Waals surface area contributed by atoms with Gasteiger partial charge in [-0.2, -0.15) is 0 Å². The molecule has 1 rings (SSSR count). The van der Waals surface area contributed by atoms with Crippen molar-refractivity contribution in [3.8, 4) is 0 Å². The van der Waals surface area contributed by atoms with Crippen LogP contribution in [0.1, 0.15) is 44.1 Å². The summed E-state index contributed by atoms with van der Waals surface area (Å²) < 4.78 is 0. The first kappa shape index (κ1) is 13.1. The molecule has 1 unspecified atom stereocenters. The van der Waals surface area contributed by atoms with Crippen LogP contribution in [-0.2, 0) is 10.2 Å². The van der Waals surface area contributed by atoms with Gasteiger partial charge in [0.1, 0.15) is 11.9 Å². The monoisotopic (exact) mass is 239 g/mol. The van der Waals surface area contributed by atoms with Crippen LogP contribution >= 0.6 is 0 Å². The predicted octanol–water partition coefficient (Wildman–Crippen LogP) is -0.294. The molecule has 0 aliphatic rings. The highest BCUT2D eigenvalue weighted by Gasteiger charge is 2.22. The maximum absolute atomic E-state index is 11.6. The second-order valence-corrected chi connectivity index (χ2v) is 4.86. The van der Waals surface area contributed by atoms with E-state index < -0.39 is 17.9 Å². The molecule has 0 saturated heterocycles. The van der Waals surface area contributed by atoms with E-state index in [2.05, 4.69) is 20.5 Å². The van der Waals surface area contributed by atoms with E-state index in [0.29, 0.717) is 5.82 Å². The van der Waals surface area contributed by atoms with Crippen LogP contribution in [0.2, 0.25) is 0 Å². The first-order valence-electron chi connectivity index (χ1n) is 5.25. The van der Waals surface area contributed by atoms with Gasteiger partial charge in [-0.05, 0) is 6.92 Å². The minimum atomic E-state index is -0.751. The molecule has 94 valence electrons. The van der Waals surface area contributed by atoms with Crippen LogP contribution in [0, 0.1) is 0 Å². The number of hydrogen-bond donors (Lipinski definition) is 3. The Bertz CT molecular complexity index is 432. The number of amides is 2. The van der Waals surface area contributed by atoms with E-state index in [1.54, 1.807) is 0 Å².